The quantitative estimate of drug-likeness (QED) is 0.0388. The van der Waals surface area contributed by atoms with E-state index in [0.29, 0.717) is 30.1 Å². The number of thioether (sulfide) groups is 1. The van der Waals surface area contributed by atoms with Crippen molar-refractivity contribution in [2.45, 2.75) is 80.8 Å². The molecule has 3 aliphatic rings. The van der Waals surface area contributed by atoms with Crippen molar-refractivity contribution in [1.82, 2.24) is 4.90 Å². The fraction of sp³-hybridized carbons (Fsp3) is 0.400. The van der Waals surface area contributed by atoms with Crippen LogP contribution >= 0.6 is 11.8 Å². The topological polar surface area (TPSA) is 119 Å². The maximum absolute atomic E-state index is 14.2. The van der Waals surface area contributed by atoms with E-state index in [2.05, 4.69) is 18.7 Å². The number of unbranched alkanes of at least 4 members (excludes halogenated alkanes) is 2. The van der Waals surface area contributed by atoms with Crippen LogP contribution in [0.25, 0.3) is 0 Å². The van der Waals surface area contributed by atoms with Crippen molar-refractivity contribution in [3.8, 4) is 17.2 Å². The first-order chi connectivity index (χ1) is 29.9. The monoisotopic (exact) mass is 846 g/mol. The number of likely N-dealkylation sites (N-methyl/N-ethyl adjacent to an activating group) is 1. The van der Waals surface area contributed by atoms with E-state index in [-0.39, 0.29) is 57.2 Å². The maximum Gasteiger partial charge on any atom is 0.410 e. The molecule has 11 heteroatoms. The van der Waals surface area contributed by atoms with Gasteiger partial charge in [-0.05, 0) is 103 Å². The van der Waals surface area contributed by atoms with Gasteiger partial charge >= 0.3 is 6.09 Å². The lowest BCUT2D eigenvalue weighted by Crippen LogP contribution is -2.69. The average molecular weight is 847 g/mol. The number of ether oxygens (including phenoxy) is 4. The Balaban J connectivity index is 1.38. The van der Waals surface area contributed by atoms with Crippen LogP contribution in [0.5, 0.6) is 17.2 Å². The van der Waals surface area contributed by atoms with Crippen LogP contribution in [-0.4, -0.2) is 71.9 Å². The predicted octanol–water partition coefficient (Wildman–Crippen LogP) is 10.3. The van der Waals surface area contributed by atoms with Crippen molar-refractivity contribution < 1.29 is 38.8 Å². The first-order valence-electron chi connectivity index (χ1n) is 21.4. The molecule has 0 aromatic heterocycles. The standard InChI is InChI=1S/C50H58N2O8S/c1-4-29-57-50-46(52(2)49(55)56-33-35-15-7-5-8-16-35)32-44(51-58-34-36-17-9-6-10-18-36)42-30-37(19-11-13-27-53)41(20-12-14-28-54)47(48(42)50)43-31-39(23-26-45(43)60-50)59-38-21-24-40(61-3)25-22-38/h4-10,15-18,21-26,30-31,37,41,46-48,53-54H,1,11-14,19-20,27-29,32-34H2,2-3H3/t37-,41+,46-,47+,48+,50+/m0/s1. The molecule has 0 radical (unpaired) electrons. The molecule has 4 aromatic carbocycles. The highest BCUT2D eigenvalue weighted by atomic mass is 32.2. The molecule has 2 aliphatic carbocycles. The zero-order valence-electron chi connectivity index (χ0n) is 35.2. The van der Waals surface area contributed by atoms with Gasteiger partial charge in [-0.3, -0.25) is 0 Å². The van der Waals surface area contributed by atoms with Crippen molar-refractivity contribution in [3.63, 3.8) is 0 Å². The summed E-state index contributed by atoms with van der Waals surface area (Å²) < 4.78 is 26.8. The predicted molar refractivity (Wildman–Crippen MR) is 239 cm³/mol. The van der Waals surface area contributed by atoms with E-state index < -0.39 is 23.8 Å². The minimum Gasteiger partial charge on any atom is -0.459 e. The Labute approximate surface area is 364 Å². The lowest BCUT2D eigenvalue weighted by atomic mass is 9.55. The van der Waals surface area contributed by atoms with E-state index in [1.54, 1.807) is 29.8 Å². The summed E-state index contributed by atoms with van der Waals surface area (Å²) in [5.74, 6) is 0.184. The number of benzene rings is 4. The number of aliphatic hydroxyl groups excluding tert-OH is 2. The number of aliphatic hydroxyl groups is 2. The van der Waals surface area contributed by atoms with Crippen molar-refractivity contribution in [3.05, 3.63) is 144 Å². The number of hydrogen-bond donors (Lipinski definition) is 2. The number of allylic oxidation sites excluding steroid dienone is 1. The van der Waals surface area contributed by atoms with Gasteiger partial charge in [-0.25, -0.2) is 4.79 Å². The number of rotatable bonds is 20. The Hall–Kier alpha value is -5.07. The van der Waals surface area contributed by atoms with E-state index in [1.165, 1.54) is 0 Å². The van der Waals surface area contributed by atoms with Crippen molar-refractivity contribution in [2.75, 3.05) is 33.1 Å². The number of oxime groups is 1. The number of nitrogens with zero attached hydrogens (tertiary/aromatic N) is 2. The Kier molecular flexibility index (Phi) is 15.2. The summed E-state index contributed by atoms with van der Waals surface area (Å²) in [5.41, 5.74) is 4.51. The summed E-state index contributed by atoms with van der Waals surface area (Å²) in [6, 6.07) is 32.8. The molecule has 7 rings (SSSR count). The largest absolute Gasteiger partial charge is 0.459 e. The lowest BCUT2D eigenvalue weighted by Gasteiger charge is -2.59. The maximum atomic E-state index is 14.2. The zero-order valence-corrected chi connectivity index (χ0v) is 36.0. The molecule has 322 valence electrons. The molecule has 10 nitrogen and oxygen atoms in total. The second-order valence-electron chi connectivity index (χ2n) is 16.0. The van der Waals surface area contributed by atoms with E-state index >= 15 is 0 Å². The molecule has 0 spiro atoms. The summed E-state index contributed by atoms with van der Waals surface area (Å²) in [6.07, 6.45) is 10.5. The Morgan fingerprint density at radius 2 is 1.57 bits per heavy atom. The van der Waals surface area contributed by atoms with Gasteiger partial charge in [-0.15, -0.1) is 18.3 Å². The summed E-state index contributed by atoms with van der Waals surface area (Å²) in [5, 5.41) is 24.8. The van der Waals surface area contributed by atoms with Gasteiger partial charge in [0.15, 0.2) is 0 Å². The molecular weight excluding hydrogens is 789 g/mol. The number of amides is 1. The summed E-state index contributed by atoms with van der Waals surface area (Å²) in [4.78, 5) is 23.2. The van der Waals surface area contributed by atoms with Crippen LogP contribution in [0.1, 0.15) is 67.6 Å². The first kappa shape index (κ1) is 44.0. The number of hydrogen-bond acceptors (Lipinski definition) is 10. The van der Waals surface area contributed by atoms with Gasteiger partial charge in [0.1, 0.15) is 36.5 Å². The third-order valence-electron chi connectivity index (χ3n) is 12.1. The number of carbonyl (C=O) groups is 1. The van der Waals surface area contributed by atoms with Gasteiger partial charge in [-0.1, -0.05) is 90.8 Å². The molecule has 1 amide bonds. The SMILES string of the molecule is C=CCO[C@@]12Oc3ccc(Oc4ccc(SC)cc4)cc3[C@H]3[C@H](CCCCO)[C@@H](CCCCO)C=C(C(=NOCc4ccccc4)C[C@@H]1N(C)C(=O)OCc1ccccc1)[C@H]32. The van der Waals surface area contributed by atoms with E-state index in [4.69, 9.17) is 28.9 Å². The van der Waals surface area contributed by atoms with Crippen LogP contribution in [0.2, 0.25) is 0 Å². The zero-order chi connectivity index (χ0) is 42.6. The second-order valence-corrected chi connectivity index (χ2v) is 16.8. The second kappa shape index (κ2) is 21.1. The van der Waals surface area contributed by atoms with Crippen LogP contribution in [-0.2, 0) is 27.5 Å². The molecule has 0 unspecified atom stereocenters. The highest BCUT2D eigenvalue weighted by molar-refractivity contribution is 7.98. The van der Waals surface area contributed by atoms with Crippen molar-refractivity contribution >= 4 is 23.6 Å². The Morgan fingerprint density at radius 3 is 2.25 bits per heavy atom. The fourth-order valence-corrected chi connectivity index (χ4v) is 9.69. The van der Waals surface area contributed by atoms with Gasteiger partial charge in [0, 0.05) is 43.1 Å². The van der Waals surface area contributed by atoms with Gasteiger partial charge in [-0.2, -0.15) is 0 Å². The van der Waals surface area contributed by atoms with Crippen LogP contribution in [0.4, 0.5) is 4.79 Å². The van der Waals surface area contributed by atoms with Crippen LogP contribution in [0, 0.1) is 17.8 Å². The third kappa shape index (κ3) is 10.2. The highest BCUT2D eigenvalue weighted by Gasteiger charge is 2.65. The van der Waals surface area contributed by atoms with Gasteiger partial charge < -0.3 is 38.9 Å². The Bertz CT molecular complexity index is 2110. The summed E-state index contributed by atoms with van der Waals surface area (Å²) in [7, 11) is 1.74. The van der Waals surface area contributed by atoms with Crippen molar-refractivity contribution in [1.29, 1.82) is 0 Å². The smallest absolute Gasteiger partial charge is 0.410 e. The molecule has 1 saturated carbocycles. The molecular formula is C50H58N2O8S. The summed E-state index contributed by atoms with van der Waals surface area (Å²) in [6.45, 7) is 4.77. The Morgan fingerprint density at radius 1 is 0.902 bits per heavy atom. The molecule has 0 bridgehead atoms. The first-order valence-corrected chi connectivity index (χ1v) is 22.6. The fourth-order valence-electron chi connectivity index (χ4n) is 9.28. The number of carbonyl (C=O) groups excluding carboxylic acids is 1. The molecule has 1 aliphatic heterocycles. The third-order valence-corrected chi connectivity index (χ3v) is 12.9. The molecule has 0 saturated heterocycles. The van der Waals surface area contributed by atoms with Crippen LogP contribution in [0.3, 0.4) is 0 Å². The van der Waals surface area contributed by atoms with Crippen LogP contribution in [0.15, 0.2) is 137 Å². The van der Waals surface area contributed by atoms with Crippen LogP contribution < -0.4 is 9.47 Å². The minimum atomic E-state index is -1.39. The molecule has 61 heavy (non-hydrogen) atoms. The van der Waals surface area contributed by atoms with Crippen molar-refractivity contribution in [2.24, 2.45) is 22.9 Å². The highest BCUT2D eigenvalue weighted by Crippen LogP contribution is 2.62. The molecule has 1 fully saturated rings. The summed E-state index contributed by atoms with van der Waals surface area (Å²) >= 11 is 1.68. The lowest BCUT2D eigenvalue weighted by molar-refractivity contribution is -0.253. The minimum absolute atomic E-state index is 0.0741. The molecule has 1 heterocycles. The van der Waals surface area contributed by atoms with Gasteiger partial charge in [0.25, 0.3) is 0 Å². The average Bonchev–Trinajstić information content (AvgIpc) is 3.29. The normalized spacial score (nSPS) is 23.2. The van der Waals surface area contributed by atoms with Gasteiger partial charge in [0.05, 0.1) is 18.2 Å². The molecule has 6 atom stereocenters. The number of fused-ring (bicyclic) bond motifs is 2. The van der Waals surface area contributed by atoms with E-state index in [0.717, 1.165) is 58.6 Å². The van der Waals surface area contributed by atoms with E-state index in [1.807, 2.05) is 103 Å². The molecule has 2 N–H and O–H groups in total. The van der Waals surface area contributed by atoms with E-state index in [9.17, 15) is 15.0 Å². The van der Waals surface area contributed by atoms with Gasteiger partial charge in [0.2, 0.25) is 5.79 Å². The molecule has 4 aromatic rings.